The minimum absolute atomic E-state index is 0.0312. The Morgan fingerprint density at radius 1 is 1.25 bits per heavy atom. The predicted octanol–water partition coefficient (Wildman–Crippen LogP) is 2.78. The molecule has 3 aliphatic rings. The van der Waals surface area contributed by atoms with Gasteiger partial charge in [-0.05, 0) is 38.5 Å². The molecule has 5 rings (SSSR count). The summed E-state index contributed by atoms with van der Waals surface area (Å²) in [7, 11) is 1.38. The summed E-state index contributed by atoms with van der Waals surface area (Å²) in [6, 6.07) is 8.06. The molecule has 1 amide bonds. The van der Waals surface area contributed by atoms with Crippen LogP contribution in [0, 0.1) is 0 Å². The zero-order chi connectivity index (χ0) is 22.6. The van der Waals surface area contributed by atoms with Crippen LogP contribution in [0.15, 0.2) is 24.3 Å². The van der Waals surface area contributed by atoms with E-state index in [1.807, 2.05) is 33.8 Å². The first-order valence-corrected chi connectivity index (χ1v) is 11.3. The van der Waals surface area contributed by atoms with E-state index in [0.29, 0.717) is 37.7 Å². The van der Waals surface area contributed by atoms with E-state index in [1.54, 1.807) is 0 Å². The van der Waals surface area contributed by atoms with Gasteiger partial charge in [0.05, 0.1) is 24.9 Å². The highest BCUT2D eigenvalue weighted by molar-refractivity contribution is 5.95. The van der Waals surface area contributed by atoms with E-state index in [-0.39, 0.29) is 24.0 Å². The molecule has 1 fully saturated rings. The van der Waals surface area contributed by atoms with Crippen molar-refractivity contribution in [2.75, 3.05) is 13.7 Å². The Morgan fingerprint density at radius 3 is 2.62 bits per heavy atom. The van der Waals surface area contributed by atoms with Crippen LogP contribution < -0.4 is 10.1 Å². The number of rotatable bonds is 5. The van der Waals surface area contributed by atoms with Gasteiger partial charge in [0, 0.05) is 44.0 Å². The summed E-state index contributed by atoms with van der Waals surface area (Å²) in [5, 5.41) is 8.24. The van der Waals surface area contributed by atoms with Crippen molar-refractivity contribution in [1.82, 2.24) is 20.0 Å². The molecule has 32 heavy (non-hydrogen) atoms. The monoisotopic (exact) mass is 438 g/mol. The lowest BCUT2D eigenvalue weighted by Gasteiger charge is -2.36. The second-order valence-electron chi connectivity index (χ2n) is 9.34. The number of aromatic nitrogens is 2. The van der Waals surface area contributed by atoms with Crippen molar-refractivity contribution in [1.29, 1.82) is 0 Å². The Kier molecular flexibility index (Phi) is 5.00. The lowest BCUT2D eigenvalue weighted by molar-refractivity contribution is -0.151. The molecule has 2 aliphatic heterocycles. The Morgan fingerprint density at radius 2 is 1.97 bits per heavy atom. The van der Waals surface area contributed by atoms with Crippen molar-refractivity contribution in [3.8, 4) is 5.75 Å². The molecule has 0 spiro atoms. The number of amides is 1. The van der Waals surface area contributed by atoms with Crippen molar-refractivity contribution >= 4 is 11.9 Å². The summed E-state index contributed by atoms with van der Waals surface area (Å²) in [5.74, 6) is 0.338. The Hall–Kier alpha value is -2.87. The van der Waals surface area contributed by atoms with E-state index in [1.165, 1.54) is 7.11 Å². The molecule has 0 radical (unpaired) electrons. The van der Waals surface area contributed by atoms with Crippen LogP contribution in [0.25, 0.3) is 0 Å². The van der Waals surface area contributed by atoms with Crippen LogP contribution in [-0.4, -0.2) is 51.9 Å². The molecule has 1 aromatic carbocycles. The average Bonchev–Trinajstić information content (AvgIpc) is 3.47. The van der Waals surface area contributed by atoms with Crippen molar-refractivity contribution < 1.29 is 19.1 Å². The number of nitrogens with zero attached hydrogens (tertiary/aromatic N) is 3. The summed E-state index contributed by atoms with van der Waals surface area (Å²) in [6.45, 7) is 7.60. The summed E-state index contributed by atoms with van der Waals surface area (Å²) >= 11 is 0. The smallest absolute Gasteiger partial charge is 0.350 e. The van der Waals surface area contributed by atoms with E-state index < -0.39 is 5.60 Å². The van der Waals surface area contributed by atoms with Crippen molar-refractivity contribution in [3.05, 3.63) is 46.8 Å². The highest BCUT2D eigenvalue weighted by Gasteiger charge is 2.54. The number of fused-ring (bicyclic) bond motifs is 3. The van der Waals surface area contributed by atoms with Gasteiger partial charge < -0.3 is 19.7 Å². The predicted molar refractivity (Wildman–Crippen MR) is 117 cm³/mol. The fourth-order valence-electron chi connectivity index (χ4n) is 4.83. The number of hydrogen-bond acceptors (Lipinski definition) is 6. The van der Waals surface area contributed by atoms with Gasteiger partial charge in [0.1, 0.15) is 11.4 Å². The van der Waals surface area contributed by atoms with Crippen LogP contribution in [0.4, 0.5) is 0 Å². The van der Waals surface area contributed by atoms with Gasteiger partial charge in [0.15, 0.2) is 0 Å². The molecule has 2 aromatic rings. The van der Waals surface area contributed by atoms with Gasteiger partial charge in [-0.25, -0.2) is 4.79 Å². The minimum Gasteiger partial charge on any atom is -0.476 e. The van der Waals surface area contributed by atoms with Gasteiger partial charge in [-0.1, -0.05) is 12.1 Å². The van der Waals surface area contributed by atoms with Gasteiger partial charge in [-0.3, -0.25) is 9.48 Å². The second kappa shape index (κ2) is 7.62. The highest BCUT2D eigenvalue weighted by atomic mass is 16.6. The van der Waals surface area contributed by atoms with Crippen LogP contribution in [0.1, 0.15) is 73.0 Å². The Balaban J connectivity index is 1.36. The van der Waals surface area contributed by atoms with Gasteiger partial charge in [0.2, 0.25) is 5.60 Å². The van der Waals surface area contributed by atoms with Crippen LogP contribution >= 0.6 is 0 Å². The average molecular weight is 439 g/mol. The maximum Gasteiger partial charge on any atom is 0.350 e. The normalized spacial score (nSPS) is 24.4. The third-order valence-corrected chi connectivity index (χ3v) is 6.97. The summed E-state index contributed by atoms with van der Waals surface area (Å²) in [6.07, 6.45) is 2.19. The summed E-state index contributed by atoms with van der Waals surface area (Å²) in [5.41, 5.74) is 3.00. The van der Waals surface area contributed by atoms with Crippen LogP contribution in [0.2, 0.25) is 0 Å². The number of benzene rings is 1. The van der Waals surface area contributed by atoms with Crippen LogP contribution in [-0.2, 0) is 22.5 Å². The molecule has 1 N–H and O–H groups in total. The first-order chi connectivity index (χ1) is 15.3. The maximum absolute atomic E-state index is 13.5. The topological polar surface area (TPSA) is 85.7 Å². The van der Waals surface area contributed by atoms with Crippen molar-refractivity contribution in [2.24, 2.45) is 0 Å². The molecule has 3 atom stereocenters. The lowest BCUT2D eigenvalue weighted by Crippen LogP contribution is -2.44. The van der Waals surface area contributed by atoms with Crippen molar-refractivity contribution in [2.45, 2.75) is 70.3 Å². The molecular weight excluding hydrogens is 408 g/mol. The number of esters is 1. The maximum atomic E-state index is 13.5. The molecule has 170 valence electrons. The molecule has 8 nitrogen and oxygen atoms in total. The van der Waals surface area contributed by atoms with E-state index in [2.05, 4.69) is 26.1 Å². The number of methoxy groups -OCH3 is 1. The van der Waals surface area contributed by atoms with Gasteiger partial charge in [0.25, 0.3) is 5.91 Å². The number of hydrogen-bond donors (Lipinski definition) is 1. The number of carbonyl (C=O) groups excluding carboxylic acids is 2. The Labute approximate surface area is 187 Å². The third kappa shape index (κ3) is 3.37. The quantitative estimate of drug-likeness (QED) is 0.723. The van der Waals surface area contributed by atoms with Gasteiger partial charge >= 0.3 is 5.97 Å². The SMILES string of the molecule is COC(=O)C1(Oc2ccc(C(C)N3C[C@@H](C)n4nc5c(c4C3=O)CN[C@H](C)C5)cc2)CC1. The molecular formula is C24H30N4O4. The molecule has 0 bridgehead atoms. The molecule has 1 aliphatic carbocycles. The van der Waals surface area contributed by atoms with Crippen molar-refractivity contribution in [3.63, 3.8) is 0 Å². The van der Waals surface area contributed by atoms with Gasteiger partial charge in [-0.2, -0.15) is 5.10 Å². The molecule has 1 aromatic heterocycles. The van der Waals surface area contributed by atoms with Gasteiger partial charge in [-0.15, -0.1) is 0 Å². The Bertz CT molecular complexity index is 1060. The number of ether oxygens (including phenoxy) is 2. The van der Waals surface area contributed by atoms with E-state index >= 15 is 0 Å². The van der Waals surface area contributed by atoms with E-state index in [0.717, 1.165) is 28.9 Å². The number of carbonyl (C=O) groups is 2. The number of nitrogens with one attached hydrogen (secondary N) is 1. The molecule has 0 saturated heterocycles. The fourth-order valence-corrected chi connectivity index (χ4v) is 4.83. The zero-order valence-electron chi connectivity index (χ0n) is 19.1. The van der Waals surface area contributed by atoms with Crippen LogP contribution in [0.3, 0.4) is 0 Å². The highest BCUT2D eigenvalue weighted by Crippen LogP contribution is 2.41. The lowest BCUT2D eigenvalue weighted by atomic mass is 9.99. The van der Waals surface area contributed by atoms with E-state index in [9.17, 15) is 9.59 Å². The molecule has 3 heterocycles. The first-order valence-electron chi connectivity index (χ1n) is 11.3. The standard InChI is InChI=1S/C24H30N4O4/c1-14-11-20-19(12-25-14)21-22(29)27(13-15(2)28(21)26-20)16(3)17-5-7-18(8-6-17)32-24(9-10-24)23(30)31-4/h5-8,14-16,25H,9-13H2,1-4H3/t14-,15-,16?/m1/s1. The molecule has 1 saturated carbocycles. The first kappa shape index (κ1) is 21.0. The molecule has 8 heteroatoms. The summed E-state index contributed by atoms with van der Waals surface area (Å²) in [4.78, 5) is 27.4. The fraction of sp³-hybridized carbons (Fsp3) is 0.542. The van der Waals surface area contributed by atoms with E-state index in [4.69, 9.17) is 14.6 Å². The second-order valence-corrected chi connectivity index (χ2v) is 9.34. The largest absolute Gasteiger partial charge is 0.476 e. The molecule has 1 unspecified atom stereocenters. The third-order valence-electron chi connectivity index (χ3n) is 6.97. The summed E-state index contributed by atoms with van der Waals surface area (Å²) < 4.78 is 12.7. The van der Waals surface area contributed by atoms with Crippen LogP contribution in [0.5, 0.6) is 5.75 Å². The minimum atomic E-state index is -0.830. The zero-order valence-corrected chi connectivity index (χ0v) is 19.1.